The van der Waals surface area contributed by atoms with Gasteiger partial charge in [-0.15, -0.1) is 0 Å². The molecule has 1 fully saturated rings. The molecule has 1 heterocycles. The van der Waals surface area contributed by atoms with E-state index in [4.69, 9.17) is 0 Å². The van der Waals surface area contributed by atoms with Crippen molar-refractivity contribution in [2.45, 2.75) is 25.7 Å². The van der Waals surface area contributed by atoms with Gasteiger partial charge in [-0.2, -0.15) is 0 Å². The number of rotatable bonds is 5. The second kappa shape index (κ2) is 7.02. The minimum atomic E-state index is 0.809. The summed E-state index contributed by atoms with van der Waals surface area (Å²) in [4.78, 5) is 2.44. The van der Waals surface area contributed by atoms with Gasteiger partial charge >= 0.3 is 0 Å². The molecule has 2 nitrogen and oxygen atoms in total. The Morgan fingerprint density at radius 1 is 1.50 bits per heavy atom. The smallest absolute Gasteiger partial charge is 0.00413 e. The number of likely N-dealkylation sites (tertiary alicyclic amines) is 1. The molecule has 0 radical (unpaired) electrons. The van der Waals surface area contributed by atoms with E-state index >= 15 is 0 Å². The van der Waals surface area contributed by atoms with Crippen molar-refractivity contribution in [1.82, 2.24) is 10.2 Å². The molecule has 1 aliphatic heterocycles. The third kappa shape index (κ3) is 4.77. The zero-order chi connectivity index (χ0) is 10.2. The molecule has 0 aromatic heterocycles. The number of nitrogens with zero attached hydrogens (tertiary/aromatic N) is 1. The quantitative estimate of drug-likeness (QED) is 0.533. The van der Waals surface area contributed by atoms with Crippen LogP contribution in [0, 0.1) is 5.92 Å². The van der Waals surface area contributed by atoms with Gasteiger partial charge < -0.3 is 10.2 Å². The summed E-state index contributed by atoms with van der Waals surface area (Å²) in [7, 11) is 4.24. The van der Waals surface area contributed by atoms with Crippen molar-refractivity contribution in [3.63, 3.8) is 0 Å². The largest absolute Gasteiger partial charge is 0.320 e. The first-order valence-electron chi connectivity index (χ1n) is 5.82. The minimum absolute atomic E-state index is 0.809. The van der Waals surface area contributed by atoms with Crippen LogP contribution in [0.5, 0.6) is 0 Å². The molecule has 82 valence electrons. The van der Waals surface area contributed by atoms with Crippen molar-refractivity contribution in [3.8, 4) is 0 Å². The molecule has 0 aliphatic carbocycles. The Kier molecular flexibility index (Phi) is 5.88. The van der Waals surface area contributed by atoms with E-state index in [1.807, 2.05) is 7.05 Å². The van der Waals surface area contributed by atoms with Crippen LogP contribution in [0.25, 0.3) is 0 Å². The monoisotopic (exact) mass is 196 g/mol. The predicted molar refractivity (Wildman–Crippen MR) is 62.5 cm³/mol. The maximum atomic E-state index is 3.17. The second-order valence-electron chi connectivity index (χ2n) is 4.34. The number of hydrogen-bond acceptors (Lipinski definition) is 2. The fourth-order valence-corrected chi connectivity index (χ4v) is 2.05. The topological polar surface area (TPSA) is 15.3 Å². The SMILES string of the molecule is CNCCC/C=C/C1CCCN(C)C1. The fraction of sp³-hybridized carbons (Fsp3) is 0.833. The standard InChI is InChI=1S/C12H24N2/c1-13-9-5-3-4-7-12-8-6-10-14(2)11-12/h4,7,12-13H,3,5-6,8-11H2,1-2H3/b7-4+. The molecule has 0 saturated carbocycles. The van der Waals surface area contributed by atoms with Gasteiger partial charge in [-0.05, 0) is 58.8 Å². The molecule has 2 heteroatoms. The summed E-state index contributed by atoms with van der Waals surface area (Å²) in [5.41, 5.74) is 0. The van der Waals surface area contributed by atoms with Crippen LogP contribution in [-0.4, -0.2) is 38.6 Å². The first-order chi connectivity index (χ1) is 6.83. The van der Waals surface area contributed by atoms with Crippen molar-refractivity contribution in [3.05, 3.63) is 12.2 Å². The zero-order valence-electron chi connectivity index (χ0n) is 9.63. The molecule has 1 unspecified atom stereocenters. The van der Waals surface area contributed by atoms with Crippen molar-refractivity contribution in [2.24, 2.45) is 5.92 Å². The van der Waals surface area contributed by atoms with E-state index in [0.29, 0.717) is 0 Å². The van der Waals surface area contributed by atoms with E-state index in [2.05, 4.69) is 29.4 Å². The highest BCUT2D eigenvalue weighted by Crippen LogP contribution is 2.16. The first kappa shape index (κ1) is 11.7. The lowest BCUT2D eigenvalue weighted by atomic mass is 9.98. The molecule has 0 spiro atoms. The molecule has 0 aromatic carbocycles. The Bertz CT molecular complexity index is 166. The highest BCUT2D eigenvalue weighted by molar-refractivity contribution is 4.91. The lowest BCUT2D eigenvalue weighted by Crippen LogP contribution is -2.31. The molecule has 0 aromatic rings. The molecular formula is C12H24N2. The average molecular weight is 196 g/mol. The lowest BCUT2D eigenvalue weighted by molar-refractivity contribution is 0.237. The van der Waals surface area contributed by atoms with E-state index in [9.17, 15) is 0 Å². The predicted octanol–water partition coefficient (Wildman–Crippen LogP) is 1.88. The van der Waals surface area contributed by atoms with Gasteiger partial charge in [0.2, 0.25) is 0 Å². The molecule has 1 saturated heterocycles. The van der Waals surface area contributed by atoms with Crippen molar-refractivity contribution in [2.75, 3.05) is 33.7 Å². The summed E-state index contributed by atoms with van der Waals surface area (Å²) < 4.78 is 0. The van der Waals surface area contributed by atoms with E-state index in [-0.39, 0.29) is 0 Å². The molecule has 1 atom stereocenters. The summed E-state index contributed by atoms with van der Waals surface area (Å²) in [5.74, 6) is 0.809. The summed E-state index contributed by atoms with van der Waals surface area (Å²) in [6.07, 6.45) is 10.0. The molecule has 1 aliphatic rings. The summed E-state index contributed by atoms with van der Waals surface area (Å²) >= 11 is 0. The van der Waals surface area contributed by atoms with Gasteiger partial charge in [0.1, 0.15) is 0 Å². The van der Waals surface area contributed by atoms with Gasteiger partial charge in [0, 0.05) is 6.54 Å². The van der Waals surface area contributed by atoms with Crippen LogP contribution in [0.2, 0.25) is 0 Å². The van der Waals surface area contributed by atoms with Gasteiger partial charge in [-0.1, -0.05) is 12.2 Å². The molecule has 0 amide bonds. The van der Waals surface area contributed by atoms with E-state index in [1.165, 1.54) is 38.8 Å². The van der Waals surface area contributed by atoms with Crippen LogP contribution in [0.15, 0.2) is 12.2 Å². The van der Waals surface area contributed by atoms with Gasteiger partial charge in [-0.25, -0.2) is 0 Å². The van der Waals surface area contributed by atoms with Crippen LogP contribution in [0.1, 0.15) is 25.7 Å². The summed E-state index contributed by atoms with van der Waals surface area (Å²) in [6.45, 7) is 3.67. The Morgan fingerprint density at radius 2 is 2.36 bits per heavy atom. The zero-order valence-corrected chi connectivity index (χ0v) is 9.63. The highest BCUT2D eigenvalue weighted by Gasteiger charge is 2.13. The van der Waals surface area contributed by atoms with Gasteiger partial charge in [0.05, 0.1) is 0 Å². The van der Waals surface area contributed by atoms with Crippen LogP contribution in [-0.2, 0) is 0 Å². The molecular weight excluding hydrogens is 172 g/mol. The third-order valence-electron chi connectivity index (χ3n) is 2.87. The summed E-state index contributed by atoms with van der Waals surface area (Å²) in [6, 6.07) is 0. The van der Waals surface area contributed by atoms with Crippen LogP contribution in [0.3, 0.4) is 0 Å². The van der Waals surface area contributed by atoms with E-state index < -0.39 is 0 Å². The molecule has 1 N–H and O–H groups in total. The number of hydrogen-bond donors (Lipinski definition) is 1. The van der Waals surface area contributed by atoms with Gasteiger partial charge in [-0.3, -0.25) is 0 Å². The Balaban J connectivity index is 2.09. The van der Waals surface area contributed by atoms with Gasteiger partial charge in [0.15, 0.2) is 0 Å². The van der Waals surface area contributed by atoms with Crippen LogP contribution >= 0.6 is 0 Å². The number of nitrogens with one attached hydrogen (secondary N) is 1. The van der Waals surface area contributed by atoms with Gasteiger partial charge in [0.25, 0.3) is 0 Å². The first-order valence-corrected chi connectivity index (χ1v) is 5.82. The van der Waals surface area contributed by atoms with Crippen LogP contribution < -0.4 is 5.32 Å². The average Bonchev–Trinajstić information content (AvgIpc) is 2.18. The van der Waals surface area contributed by atoms with E-state index in [0.717, 1.165) is 12.5 Å². The fourth-order valence-electron chi connectivity index (χ4n) is 2.05. The Hall–Kier alpha value is -0.340. The minimum Gasteiger partial charge on any atom is -0.320 e. The number of unbranched alkanes of at least 4 members (excludes halogenated alkanes) is 1. The highest BCUT2D eigenvalue weighted by atomic mass is 15.1. The van der Waals surface area contributed by atoms with E-state index in [1.54, 1.807) is 0 Å². The van der Waals surface area contributed by atoms with Crippen molar-refractivity contribution in [1.29, 1.82) is 0 Å². The third-order valence-corrected chi connectivity index (χ3v) is 2.87. The maximum Gasteiger partial charge on any atom is 0.00413 e. The molecule has 1 rings (SSSR count). The summed E-state index contributed by atoms with van der Waals surface area (Å²) in [5, 5.41) is 3.17. The Labute approximate surface area is 88.4 Å². The molecule has 0 bridgehead atoms. The molecule has 14 heavy (non-hydrogen) atoms. The second-order valence-corrected chi connectivity index (χ2v) is 4.34. The normalized spacial score (nSPS) is 24.6. The number of piperidine rings is 1. The van der Waals surface area contributed by atoms with Crippen molar-refractivity contribution >= 4 is 0 Å². The van der Waals surface area contributed by atoms with Crippen LogP contribution in [0.4, 0.5) is 0 Å². The lowest BCUT2D eigenvalue weighted by Gasteiger charge is -2.27. The maximum absolute atomic E-state index is 3.17. The van der Waals surface area contributed by atoms with Crippen molar-refractivity contribution < 1.29 is 0 Å². The number of allylic oxidation sites excluding steroid dienone is 1. The Morgan fingerprint density at radius 3 is 3.07 bits per heavy atom.